The summed E-state index contributed by atoms with van der Waals surface area (Å²) in [5.74, 6) is 0.403. The molecular weight excluding hydrogens is 248 g/mol. The first-order chi connectivity index (χ1) is 9.72. The molecule has 0 saturated carbocycles. The number of carbonyl (C=O) groups excluding carboxylic acids is 1. The van der Waals surface area contributed by atoms with Crippen molar-refractivity contribution in [1.82, 2.24) is 4.90 Å². The Hall–Kier alpha value is -1.35. The minimum Gasteiger partial charge on any atom is -0.337 e. The van der Waals surface area contributed by atoms with Crippen molar-refractivity contribution in [2.45, 2.75) is 46.1 Å². The number of amides is 1. The van der Waals surface area contributed by atoms with Gasteiger partial charge in [-0.15, -0.1) is 0 Å². The Morgan fingerprint density at radius 3 is 2.50 bits per heavy atom. The van der Waals surface area contributed by atoms with E-state index in [1.165, 1.54) is 5.56 Å². The Morgan fingerprint density at radius 2 is 1.95 bits per heavy atom. The maximum atomic E-state index is 12.6. The van der Waals surface area contributed by atoms with Crippen molar-refractivity contribution in [3.8, 4) is 0 Å². The van der Waals surface area contributed by atoms with E-state index in [4.69, 9.17) is 5.73 Å². The van der Waals surface area contributed by atoms with Crippen LogP contribution in [0.1, 0.15) is 45.1 Å². The van der Waals surface area contributed by atoms with Gasteiger partial charge in [-0.25, -0.2) is 0 Å². The van der Waals surface area contributed by atoms with Crippen LogP contribution in [-0.4, -0.2) is 23.9 Å². The summed E-state index contributed by atoms with van der Waals surface area (Å²) >= 11 is 0. The molecule has 0 saturated heterocycles. The second-order valence-corrected chi connectivity index (χ2v) is 5.28. The molecule has 2 N–H and O–H groups in total. The maximum Gasteiger partial charge on any atom is 0.226 e. The third-order valence-corrected chi connectivity index (χ3v) is 3.68. The highest BCUT2D eigenvalue weighted by Crippen LogP contribution is 2.17. The van der Waals surface area contributed by atoms with Crippen LogP contribution in [0.3, 0.4) is 0 Å². The molecular formula is C17H28N2O. The second-order valence-electron chi connectivity index (χ2n) is 5.28. The normalized spacial score (nSPS) is 12.2. The summed E-state index contributed by atoms with van der Waals surface area (Å²) in [6.07, 6.45) is 4.15. The van der Waals surface area contributed by atoms with Gasteiger partial charge in [0.05, 0.1) is 0 Å². The maximum absolute atomic E-state index is 12.6. The van der Waals surface area contributed by atoms with Crippen molar-refractivity contribution in [3.05, 3.63) is 35.9 Å². The van der Waals surface area contributed by atoms with Gasteiger partial charge in [0.1, 0.15) is 0 Å². The van der Waals surface area contributed by atoms with Crippen molar-refractivity contribution in [1.29, 1.82) is 0 Å². The summed E-state index contributed by atoms with van der Waals surface area (Å²) in [4.78, 5) is 14.6. The molecule has 0 fully saturated rings. The van der Waals surface area contributed by atoms with Crippen molar-refractivity contribution < 1.29 is 4.79 Å². The lowest BCUT2D eigenvalue weighted by atomic mass is 9.97. The van der Waals surface area contributed by atoms with Crippen LogP contribution in [0.5, 0.6) is 0 Å². The molecule has 1 aromatic rings. The molecule has 112 valence electrons. The summed E-state index contributed by atoms with van der Waals surface area (Å²) in [7, 11) is 0. The molecule has 1 aromatic carbocycles. The fourth-order valence-electron chi connectivity index (χ4n) is 2.44. The van der Waals surface area contributed by atoms with E-state index in [0.29, 0.717) is 19.6 Å². The molecule has 1 amide bonds. The summed E-state index contributed by atoms with van der Waals surface area (Å²) in [5.41, 5.74) is 6.84. The zero-order valence-electron chi connectivity index (χ0n) is 12.8. The number of nitrogens with two attached hydrogens (primary N) is 1. The Morgan fingerprint density at radius 1 is 1.25 bits per heavy atom. The van der Waals surface area contributed by atoms with Gasteiger partial charge in [0.2, 0.25) is 5.91 Å². The number of hydrogen-bond acceptors (Lipinski definition) is 2. The number of unbranched alkanes of at least 4 members (excludes halogenated alkanes) is 1. The van der Waals surface area contributed by atoms with Gasteiger partial charge in [-0.2, -0.15) is 0 Å². The minimum absolute atomic E-state index is 0.144. The van der Waals surface area contributed by atoms with Crippen LogP contribution < -0.4 is 5.73 Å². The molecule has 3 heteroatoms. The SMILES string of the molecule is CCCCC(CC)C(=O)N(CCN)Cc1ccccc1. The Bertz CT molecular complexity index is 378. The first-order valence-corrected chi connectivity index (χ1v) is 7.75. The van der Waals surface area contributed by atoms with Crippen LogP contribution in [0.15, 0.2) is 30.3 Å². The summed E-state index contributed by atoms with van der Waals surface area (Å²) in [6, 6.07) is 10.1. The largest absolute Gasteiger partial charge is 0.337 e. The van der Waals surface area contributed by atoms with E-state index in [1.807, 2.05) is 23.1 Å². The smallest absolute Gasteiger partial charge is 0.226 e. The predicted molar refractivity (Wildman–Crippen MR) is 84.2 cm³/mol. The van der Waals surface area contributed by atoms with Gasteiger partial charge in [0.15, 0.2) is 0 Å². The minimum atomic E-state index is 0.144. The molecule has 0 heterocycles. The Labute approximate surface area is 123 Å². The van der Waals surface area contributed by atoms with Crippen molar-refractivity contribution in [3.63, 3.8) is 0 Å². The highest BCUT2D eigenvalue weighted by atomic mass is 16.2. The van der Waals surface area contributed by atoms with Gasteiger partial charge in [0, 0.05) is 25.6 Å². The molecule has 0 aliphatic rings. The van der Waals surface area contributed by atoms with E-state index in [9.17, 15) is 4.79 Å². The molecule has 0 bridgehead atoms. The average molecular weight is 276 g/mol. The summed E-state index contributed by atoms with van der Waals surface area (Å²) in [6.45, 7) is 6.08. The predicted octanol–water partition coefficient (Wildman–Crippen LogP) is 3.19. The van der Waals surface area contributed by atoms with Crippen LogP contribution in [0, 0.1) is 5.92 Å². The second kappa shape index (κ2) is 9.54. The number of rotatable bonds is 9. The molecule has 0 aromatic heterocycles. The standard InChI is InChI=1S/C17H28N2O/c1-3-5-11-16(4-2)17(20)19(13-12-18)14-15-9-7-6-8-10-15/h6-10,16H,3-5,11-14,18H2,1-2H3. The molecule has 1 rings (SSSR count). The van der Waals surface area contributed by atoms with Gasteiger partial charge in [0.25, 0.3) is 0 Å². The van der Waals surface area contributed by atoms with Crippen LogP contribution in [0.4, 0.5) is 0 Å². The van der Waals surface area contributed by atoms with Crippen molar-refractivity contribution in [2.75, 3.05) is 13.1 Å². The highest BCUT2D eigenvalue weighted by molar-refractivity contribution is 5.78. The molecule has 0 aliphatic carbocycles. The Balaban J connectivity index is 2.70. The first kappa shape index (κ1) is 16.7. The molecule has 1 unspecified atom stereocenters. The van der Waals surface area contributed by atoms with Gasteiger partial charge in [-0.3, -0.25) is 4.79 Å². The first-order valence-electron chi connectivity index (χ1n) is 7.75. The molecule has 0 spiro atoms. The molecule has 0 radical (unpaired) electrons. The molecule has 20 heavy (non-hydrogen) atoms. The lowest BCUT2D eigenvalue weighted by Gasteiger charge is -2.26. The van der Waals surface area contributed by atoms with E-state index in [-0.39, 0.29) is 11.8 Å². The lowest BCUT2D eigenvalue weighted by molar-refractivity contribution is -0.136. The number of nitrogens with zero attached hydrogens (tertiary/aromatic N) is 1. The van der Waals surface area contributed by atoms with Crippen LogP contribution in [0.2, 0.25) is 0 Å². The molecule has 3 nitrogen and oxygen atoms in total. The summed E-state index contributed by atoms with van der Waals surface area (Å²) in [5, 5.41) is 0. The van der Waals surface area contributed by atoms with E-state index in [0.717, 1.165) is 25.7 Å². The lowest BCUT2D eigenvalue weighted by Crippen LogP contribution is -2.38. The monoisotopic (exact) mass is 276 g/mol. The quantitative estimate of drug-likeness (QED) is 0.753. The number of benzene rings is 1. The topological polar surface area (TPSA) is 46.3 Å². The van der Waals surface area contributed by atoms with Crippen molar-refractivity contribution >= 4 is 5.91 Å². The zero-order chi connectivity index (χ0) is 14.8. The van der Waals surface area contributed by atoms with Crippen LogP contribution in [-0.2, 0) is 11.3 Å². The van der Waals surface area contributed by atoms with Crippen LogP contribution >= 0.6 is 0 Å². The third kappa shape index (κ3) is 5.33. The van der Waals surface area contributed by atoms with Gasteiger partial charge >= 0.3 is 0 Å². The molecule has 0 aliphatic heterocycles. The van der Waals surface area contributed by atoms with E-state index >= 15 is 0 Å². The van der Waals surface area contributed by atoms with Gasteiger partial charge in [-0.1, -0.05) is 57.0 Å². The summed E-state index contributed by atoms with van der Waals surface area (Å²) < 4.78 is 0. The van der Waals surface area contributed by atoms with Gasteiger partial charge < -0.3 is 10.6 Å². The number of carbonyl (C=O) groups is 1. The van der Waals surface area contributed by atoms with E-state index < -0.39 is 0 Å². The van der Waals surface area contributed by atoms with Crippen LogP contribution in [0.25, 0.3) is 0 Å². The van der Waals surface area contributed by atoms with Gasteiger partial charge in [-0.05, 0) is 18.4 Å². The Kier molecular flexibility index (Phi) is 7.97. The van der Waals surface area contributed by atoms with E-state index in [2.05, 4.69) is 26.0 Å². The highest BCUT2D eigenvalue weighted by Gasteiger charge is 2.22. The fourth-order valence-corrected chi connectivity index (χ4v) is 2.44. The fraction of sp³-hybridized carbons (Fsp3) is 0.588. The average Bonchev–Trinajstić information content (AvgIpc) is 2.48. The number of hydrogen-bond donors (Lipinski definition) is 1. The zero-order valence-corrected chi connectivity index (χ0v) is 12.8. The molecule has 1 atom stereocenters. The van der Waals surface area contributed by atoms with E-state index in [1.54, 1.807) is 0 Å². The van der Waals surface area contributed by atoms with Crippen molar-refractivity contribution in [2.24, 2.45) is 11.7 Å². The third-order valence-electron chi connectivity index (χ3n) is 3.68.